The minimum Gasteiger partial charge on any atom is -0.343 e. The van der Waals surface area contributed by atoms with Gasteiger partial charge in [0.1, 0.15) is 17.8 Å². The summed E-state index contributed by atoms with van der Waals surface area (Å²) in [7, 11) is 0. The van der Waals surface area contributed by atoms with Gasteiger partial charge in [-0.2, -0.15) is 10.2 Å². The Bertz CT molecular complexity index is 638. The van der Waals surface area contributed by atoms with E-state index < -0.39 is 0 Å². The number of nitrogens with zero attached hydrogens (tertiary/aromatic N) is 5. The summed E-state index contributed by atoms with van der Waals surface area (Å²) in [4.78, 5) is 16.6. The van der Waals surface area contributed by atoms with Crippen molar-refractivity contribution in [1.29, 1.82) is 0 Å². The Morgan fingerprint density at radius 3 is 2.86 bits per heavy atom. The summed E-state index contributed by atoms with van der Waals surface area (Å²) in [5.41, 5.74) is 0.627. The lowest BCUT2D eigenvalue weighted by Crippen LogP contribution is -2.28. The monoisotopic (exact) mass is 302 g/mol. The van der Waals surface area contributed by atoms with E-state index in [-0.39, 0.29) is 11.9 Å². The van der Waals surface area contributed by atoms with Crippen molar-refractivity contribution < 1.29 is 4.79 Å². The van der Waals surface area contributed by atoms with Crippen LogP contribution in [0.1, 0.15) is 67.9 Å². The molecular weight excluding hydrogens is 280 g/mol. The van der Waals surface area contributed by atoms with E-state index in [0.29, 0.717) is 18.3 Å². The van der Waals surface area contributed by atoms with Crippen molar-refractivity contribution in [3.63, 3.8) is 0 Å². The number of aromatic nitrogens is 5. The summed E-state index contributed by atoms with van der Waals surface area (Å²) < 4.78 is 3.68. The van der Waals surface area contributed by atoms with Crippen LogP contribution in [0.3, 0.4) is 0 Å². The first-order chi connectivity index (χ1) is 10.7. The number of carbonyl (C=O) groups excluding carboxylic acids is 1. The van der Waals surface area contributed by atoms with Crippen molar-refractivity contribution in [2.75, 3.05) is 0 Å². The summed E-state index contributed by atoms with van der Waals surface area (Å²) in [6, 6.07) is 2.36. The molecule has 7 nitrogen and oxygen atoms in total. The van der Waals surface area contributed by atoms with Crippen molar-refractivity contribution in [3.8, 4) is 0 Å². The Hall–Kier alpha value is -2.18. The van der Waals surface area contributed by atoms with Crippen LogP contribution in [-0.4, -0.2) is 30.5 Å². The molecule has 118 valence electrons. The van der Waals surface area contributed by atoms with Crippen molar-refractivity contribution >= 4 is 5.91 Å². The van der Waals surface area contributed by atoms with Gasteiger partial charge in [-0.05, 0) is 32.8 Å². The van der Waals surface area contributed by atoms with E-state index in [1.54, 1.807) is 12.3 Å². The van der Waals surface area contributed by atoms with Gasteiger partial charge in [0.15, 0.2) is 0 Å². The second kappa shape index (κ2) is 6.29. The number of carbonyl (C=O) groups is 1. The van der Waals surface area contributed by atoms with Crippen molar-refractivity contribution in [1.82, 2.24) is 29.9 Å². The number of rotatable bonds is 5. The molecule has 0 spiro atoms. The quantitative estimate of drug-likeness (QED) is 0.917. The molecule has 0 unspecified atom stereocenters. The predicted molar refractivity (Wildman–Crippen MR) is 81.3 cm³/mol. The Morgan fingerprint density at radius 2 is 2.14 bits per heavy atom. The maximum atomic E-state index is 12.4. The van der Waals surface area contributed by atoms with Gasteiger partial charge in [0, 0.05) is 12.2 Å². The van der Waals surface area contributed by atoms with Crippen LogP contribution < -0.4 is 5.32 Å². The molecule has 0 saturated heterocycles. The lowest BCUT2D eigenvalue weighted by atomic mass is 10.2. The van der Waals surface area contributed by atoms with Crippen LogP contribution in [0, 0.1) is 0 Å². The zero-order valence-electron chi connectivity index (χ0n) is 13.1. The predicted octanol–water partition coefficient (Wildman–Crippen LogP) is 2.10. The standard InChI is InChI=1S/C15H22N6O/c1-11(2)20-14(17-10-19-20)9-16-15(22)13-7-8-18-21(13)12-5-3-4-6-12/h7-8,10-12H,3-6,9H2,1-2H3,(H,16,22). The lowest BCUT2D eigenvalue weighted by molar-refractivity contribution is 0.0935. The van der Waals surface area contributed by atoms with E-state index in [2.05, 4.69) is 20.5 Å². The first-order valence-electron chi connectivity index (χ1n) is 7.87. The molecule has 1 aliphatic rings. The largest absolute Gasteiger partial charge is 0.343 e. The smallest absolute Gasteiger partial charge is 0.269 e. The Labute approximate surface area is 129 Å². The molecule has 22 heavy (non-hydrogen) atoms. The molecule has 0 bridgehead atoms. The molecule has 2 aromatic rings. The molecule has 0 atom stereocenters. The molecule has 0 radical (unpaired) electrons. The van der Waals surface area contributed by atoms with Crippen LogP contribution in [0.5, 0.6) is 0 Å². The summed E-state index contributed by atoms with van der Waals surface area (Å²) in [5.74, 6) is 0.651. The lowest BCUT2D eigenvalue weighted by Gasteiger charge is -2.14. The normalized spacial score (nSPS) is 15.6. The van der Waals surface area contributed by atoms with Crippen LogP contribution in [0.25, 0.3) is 0 Å². The van der Waals surface area contributed by atoms with E-state index in [1.807, 2.05) is 23.2 Å². The summed E-state index contributed by atoms with van der Waals surface area (Å²) >= 11 is 0. The molecule has 1 amide bonds. The van der Waals surface area contributed by atoms with Gasteiger partial charge < -0.3 is 5.32 Å². The summed E-state index contributed by atoms with van der Waals surface area (Å²) in [5, 5.41) is 11.4. The molecule has 3 rings (SSSR count). The molecule has 0 aromatic carbocycles. The highest BCUT2D eigenvalue weighted by Gasteiger charge is 2.22. The molecule has 2 aromatic heterocycles. The fourth-order valence-corrected chi connectivity index (χ4v) is 3.02. The third-order valence-corrected chi connectivity index (χ3v) is 4.12. The SMILES string of the molecule is CC(C)n1ncnc1CNC(=O)c1ccnn1C1CCCC1. The Balaban J connectivity index is 1.67. The topological polar surface area (TPSA) is 77.6 Å². The van der Waals surface area contributed by atoms with E-state index in [0.717, 1.165) is 18.7 Å². The summed E-state index contributed by atoms with van der Waals surface area (Å²) in [6.45, 7) is 4.44. The molecule has 2 heterocycles. The zero-order chi connectivity index (χ0) is 15.5. The van der Waals surface area contributed by atoms with Gasteiger partial charge in [-0.1, -0.05) is 12.8 Å². The van der Waals surface area contributed by atoms with Gasteiger partial charge in [-0.15, -0.1) is 0 Å². The minimum atomic E-state index is -0.109. The molecular formula is C15H22N6O. The number of hydrogen-bond acceptors (Lipinski definition) is 4. The van der Waals surface area contributed by atoms with Gasteiger partial charge in [0.25, 0.3) is 5.91 Å². The Kier molecular flexibility index (Phi) is 4.22. The van der Waals surface area contributed by atoms with Gasteiger partial charge >= 0.3 is 0 Å². The first-order valence-corrected chi connectivity index (χ1v) is 7.87. The van der Waals surface area contributed by atoms with Crippen LogP contribution >= 0.6 is 0 Å². The second-order valence-corrected chi connectivity index (χ2v) is 6.00. The fraction of sp³-hybridized carbons (Fsp3) is 0.600. The number of hydrogen-bond donors (Lipinski definition) is 1. The van der Waals surface area contributed by atoms with E-state index in [1.165, 1.54) is 19.2 Å². The molecule has 1 fully saturated rings. The van der Waals surface area contributed by atoms with Crippen LogP contribution in [-0.2, 0) is 6.54 Å². The van der Waals surface area contributed by atoms with Gasteiger partial charge in [-0.25, -0.2) is 9.67 Å². The maximum Gasteiger partial charge on any atom is 0.269 e. The van der Waals surface area contributed by atoms with Gasteiger partial charge in [0.05, 0.1) is 12.6 Å². The highest BCUT2D eigenvalue weighted by molar-refractivity contribution is 5.92. The minimum absolute atomic E-state index is 0.109. The zero-order valence-corrected chi connectivity index (χ0v) is 13.1. The summed E-state index contributed by atoms with van der Waals surface area (Å²) in [6.07, 6.45) is 7.84. The second-order valence-electron chi connectivity index (χ2n) is 6.00. The van der Waals surface area contributed by atoms with Gasteiger partial charge in [-0.3, -0.25) is 9.48 Å². The van der Waals surface area contributed by atoms with E-state index in [9.17, 15) is 4.79 Å². The third-order valence-electron chi connectivity index (χ3n) is 4.12. The van der Waals surface area contributed by atoms with E-state index >= 15 is 0 Å². The molecule has 0 aliphatic heterocycles. The van der Waals surface area contributed by atoms with Crippen molar-refractivity contribution in [3.05, 3.63) is 30.1 Å². The molecule has 1 aliphatic carbocycles. The van der Waals surface area contributed by atoms with Crippen molar-refractivity contribution in [2.24, 2.45) is 0 Å². The first kappa shape index (κ1) is 14.7. The van der Waals surface area contributed by atoms with Gasteiger partial charge in [0.2, 0.25) is 0 Å². The average Bonchev–Trinajstić information content (AvgIpc) is 3.23. The number of amides is 1. The third kappa shape index (κ3) is 2.88. The van der Waals surface area contributed by atoms with Crippen LogP contribution in [0.2, 0.25) is 0 Å². The van der Waals surface area contributed by atoms with Crippen molar-refractivity contribution in [2.45, 2.75) is 58.2 Å². The maximum absolute atomic E-state index is 12.4. The molecule has 1 N–H and O–H groups in total. The molecule has 7 heteroatoms. The van der Waals surface area contributed by atoms with Crippen LogP contribution in [0.4, 0.5) is 0 Å². The fourth-order valence-electron chi connectivity index (χ4n) is 3.02. The van der Waals surface area contributed by atoms with E-state index in [4.69, 9.17) is 0 Å². The number of nitrogens with one attached hydrogen (secondary N) is 1. The molecule has 1 saturated carbocycles. The van der Waals surface area contributed by atoms with Crippen LogP contribution in [0.15, 0.2) is 18.6 Å². The highest BCUT2D eigenvalue weighted by atomic mass is 16.2. The highest BCUT2D eigenvalue weighted by Crippen LogP contribution is 2.29. The average molecular weight is 302 g/mol. The Morgan fingerprint density at radius 1 is 1.36 bits per heavy atom.